The Hall–Kier alpha value is -1.37. The molecule has 1 heterocycles. The summed E-state index contributed by atoms with van der Waals surface area (Å²) in [4.78, 5) is 0. The number of thiophene rings is 1. The maximum atomic E-state index is 13.2. The number of aliphatic hydroxyl groups is 1. The standard InChI is InChI=1S/C15H16F3NOS/c1-9(10-5-12(16)14(18)13(17)6-10)19-8-15(2,20)11-3-4-21-7-11/h3-7,9,19-20H,8H2,1-2H3. The predicted octanol–water partition coefficient (Wildman–Crippen LogP) is 3.72. The van der Waals surface area contributed by atoms with E-state index in [1.807, 2.05) is 16.8 Å². The van der Waals surface area contributed by atoms with Gasteiger partial charge in [0.15, 0.2) is 17.5 Å². The van der Waals surface area contributed by atoms with Crippen LogP contribution in [0.4, 0.5) is 13.2 Å². The molecule has 0 radical (unpaired) electrons. The van der Waals surface area contributed by atoms with E-state index in [-0.39, 0.29) is 12.1 Å². The van der Waals surface area contributed by atoms with Crippen LogP contribution < -0.4 is 5.32 Å². The average molecular weight is 315 g/mol. The van der Waals surface area contributed by atoms with Gasteiger partial charge in [-0.05, 0) is 53.9 Å². The molecule has 2 atom stereocenters. The Morgan fingerprint density at radius 2 is 1.90 bits per heavy atom. The van der Waals surface area contributed by atoms with Gasteiger partial charge in [-0.25, -0.2) is 13.2 Å². The van der Waals surface area contributed by atoms with Crippen molar-refractivity contribution in [2.45, 2.75) is 25.5 Å². The first-order chi connectivity index (χ1) is 9.81. The molecule has 0 aliphatic rings. The van der Waals surface area contributed by atoms with Crippen molar-refractivity contribution in [3.8, 4) is 0 Å². The van der Waals surface area contributed by atoms with E-state index in [9.17, 15) is 18.3 Å². The molecule has 2 N–H and O–H groups in total. The number of hydrogen-bond donors (Lipinski definition) is 2. The molecule has 2 unspecified atom stereocenters. The van der Waals surface area contributed by atoms with Crippen molar-refractivity contribution < 1.29 is 18.3 Å². The molecule has 0 amide bonds. The van der Waals surface area contributed by atoms with Gasteiger partial charge in [0.2, 0.25) is 0 Å². The summed E-state index contributed by atoms with van der Waals surface area (Å²) in [6, 6.07) is 3.29. The predicted molar refractivity (Wildman–Crippen MR) is 76.6 cm³/mol. The van der Waals surface area contributed by atoms with Gasteiger partial charge in [-0.15, -0.1) is 0 Å². The topological polar surface area (TPSA) is 32.3 Å². The molecule has 2 rings (SSSR count). The van der Waals surface area contributed by atoms with Crippen LogP contribution in [0, 0.1) is 17.5 Å². The van der Waals surface area contributed by atoms with E-state index >= 15 is 0 Å². The van der Waals surface area contributed by atoms with E-state index in [1.54, 1.807) is 13.8 Å². The molecule has 1 aromatic carbocycles. The zero-order chi connectivity index (χ0) is 15.6. The molecule has 114 valence electrons. The van der Waals surface area contributed by atoms with Crippen molar-refractivity contribution in [3.63, 3.8) is 0 Å². The number of benzene rings is 1. The summed E-state index contributed by atoms with van der Waals surface area (Å²) in [5, 5.41) is 17.1. The highest BCUT2D eigenvalue weighted by atomic mass is 32.1. The summed E-state index contributed by atoms with van der Waals surface area (Å²) in [5.74, 6) is -3.91. The van der Waals surface area contributed by atoms with Crippen molar-refractivity contribution in [2.24, 2.45) is 0 Å². The Morgan fingerprint density at radius 1 is 1.29 bits per heavy atom. The largest absolute Gasteiger partial charge is 0.384 e. The third-order valence-corrected chi connectivity index (χ3v) is 4.08. The lowest BCUT2D eigenvalue weighted by Crippen LogP contribution is -2.36. The van der Waals surface area contributed by atoms with Crippen molar-refractivity contribution in [2.75, 3.05) is 6.54 Å². The highest BCUT2D eigenvalue weighted by Gasteiger charge is 2.24. The first-order valence-corrected chi connectivity index (χ1v) is 7.38. The quantitative estimate of drug-likeness (QED) is 0.824. The molecule has 0 saturated carbocycles. The molecule has 2 aromatic rings. The maximum Gasteiger partial charge on any atom is 0.194 e. The molecule has 0 fully saturated rings. The van der Waals surface area contributed by atoms with Crippen molar-refractivity contribution >= 4 is 11.3 Å². The molecule has 21 heavy (non-hydrogen) atoms. The van der Waals surface area contributed by atoms with Crippen molar-refractivity contribution in [1.82, 2.24) is 5.32 Å². The summed E-state index contributed by atoms with van der Waals surface area (Å²) in [6.07, 6.45) is 0. The van der Waals surface area contributed by atoms with Gasteiger partial charge in [-0.3, -0.25) is 0 Å². The molecule has 2 nitrogen and oxygen atoms in total. The van der Waals surface area contributed by atoms with Crippen LogP contribution in [0.15, 0.2) is 29.0 Å². The van der Waals surface area contributed by atoms with Crippen molar-refractivity contribution in [1.29, 1.82) is 0 Å². The van der Waals surface area contributed by atoms with Gasteiger partial charge in [0.1, 0.15) is 5.60 Å². The smallest absolute Gasteiger partial charge is 0.194 e. The first-order valence-electron chi connectivity index (χ1n) is 6.44. The lowest BCUT2D eigenvalue weighted by atomic mass is 9.98. The zero-order valence-corrected chi connectivity index (χ0v) is 12.5. The zero-order valence-electron chi connectivity index (χ0n) is 11.7. The lowest BCUT2D eigenvalue weighted by molar-refractivity contribution is 0.0548. The summed E-state index contributed by atoms with van der Waals surface area (Å²) < 4.78 is 39.3. The first kappa shape index (κ1) is 16.0. The Bertz CT molecular complexity index is 590. The molecule has 0 saturated heterocycles. The Kier molecular flexibility index (Phi) is 4.70. The highest BCUT2D eigenvalue weighted by Crippen LogP contribution is 2.24. The van der Waals surface area contributed by atoms with Crippen LogP contribution in [0.1, 0.15) is 31.0 Å². The molecule has 6 heteroatoms. The van der Waals surface area contributed by atoms with Crippen LogP contribution >= 0.6 is 11.3 Å². The third kappa shape index (κ3) is 3.64. The molecular formula is C15H16F3NOS. The SMILES string of the molecule is CC(NCC(C)(O)c1ccsc1)c1cc(F)c(F)c(F)c1. The Labute approximate surface area is 125 Å². The second-order valence-corrected chi connectivity index (χ2v) is 5.97. The number of halogens is 3. The minimum Gasteiger partial charge on any atom is -0.384 e. The number of nitrogens with one attached hydrogen (secondary N) is 1. The fourth-order valence-electron chi connectivity index (χ4n) is 1.97. The van der Waals surface area contributed by atoms with Gasteiger partial charge in [0.25, 0.3) is 0 Å². The Morgan fingerprint density at radius 3 is 2.43 bits per heavy atom. The van der Waals surface area contributed by atoms with Crippen LogP contribution in [-0.2, 0) is 5.60 Å². The average Bonchev–Trinajstić information content (AvgIpc) is 2.96. The van der Waals surface area contributed by atoms with Crippen LogP contribution in [0.2, 0.25) is 0 Å². The summed E-state index contributed by atoms with van der Waals surface area (Å²) in [6.45, 7) is 3.54. The van der Waals surface area contributed by atoms with E-state index in [2.05, 4.69) is 5.32 Å². The Balaban J connectivity index is 2.07. The van der Waals surface area contributed by atoms with Gasteiger partial charge >= 0.3 is 0 Å². The maximum absolute atomic E-state index is 13.2. The van der Waals surface area contributed by atoms with Crippen molar-refractivity contribution in [3.05, 3.63) is 57.5 Å². The molecule has 0 aliphatic heterocycles. The summed E-state index contributed by atoms with van der Waals surface area (Å²) >= 11 is 1.47. The van der Waals surface area contributed by atoms with Gasteiger partial charge in [-0.1, -0.05) is 0 Å². The van der Waals surface area contributed by atoms with E-state index in [4.69, 9.17) is 0 Å². The van der Waals surface area contributed by atoms with Gasteiger partial charge < -0.3 is 10.4 Å². The molecule has 0 spiro atoms. The highest BCUT2D eigenvalue weighted by molar-refractivity contribution is 7.08. The van der Waals surface area contributed by atoms with E-state index < -0.39 is 29.1 Å². The summed E-state index contributed by atoms with van der Waals surface area (Å²) in [7, 11) is 0. The van der Waals surface area contributed by atoms with Crippen LogP contribution in [-0.4, -0.2) is 11.7 Å². The monoisotopic (exact) mass is 315 g/mol. The lowest BCUT2D eigenvalue weighted by Gasteiger charge is -2.25. The van der Waals surface area contributed by atoms with Crippen LogP contribution in [0.5, 0.6) is 0 Å². The van der Waals surface area contributed by atoms with E-state index in [1.165, 1.54) is 11.3 Å². The fraction of sp³-hybridized carbons (Fsp3) is 0.333. The van der Waals surface area contributed by atoms with Gasteiger partial charge in [-0.2, -0.15) is 11.3 Å². The normalized spacial score (nSPS) is 15.7. The van der Waals surface area contributed by atoms with Gasteiger partial charge in [0.05, 0.1) is 0 Å². The van der Waals surface area contributed by atoms with Gasteiger partial charge in [0, 0.05) is 12.6 Å². The molecule has 0 aliphatic carbocycles. The van der Waals surface area contributed by atoms with E-state index in [0.29, 0.717) is 0 Å². The second-order valence-electron chi connectivity index (χ2n) is 5.19. The molecule has 0 bridgehead atoms. The minimum atomic E-state index is -1.48. The summed E-state index contributed by atoms with van der Waals surface area (Å²) in [5.41, 5.74) is -0.0399. The molecule has 1 aromatic heterocycles. The van der Waals surface area contributed by atoms with Crippen LogP contribution in [0.25, 0.3) is 0 Å². The van der Waals surface area contributed by atoms with Crippen LogP contribution in [0.3, 0.4) is 0 Å². The van der Waals surface area contributed by atoms with E-state index in [0.717, 1.165) is 17.7 Å². The third-order valence-electron chi connectivity index (χ3n) is 3.40. The number of hydrogen-bond acceptors (Lipinski definition) is 3. The minimum absolute atomic E-state index is 0.200. The fourth-order valence-corrected chi connectivity index (χ4v) is 2.75. The molecular weight excluding hydrogens is 299 g/mol. The number of rotatable bonds is 5. The second kappa shape index (κ2) is 6.17.